The van der Waals surface area contributed by atoms with Crippen molar-refractivity contribution < 1.29 is 13.5 Å². The third-order valence-electron chi connectivity index (χ3n) is 2.96. The number of carbonyl (C=O) groups excluding carboxylic acids is 1. The summed E-state index contributed by atoms with van der Waals surface area (Å²) in [7, 11) is -1.21. The quantitative estimate of drug-likeness (QED) is 0.907. The molecule has 0 bridgehead atoms. The molecule has 0 aliphatic rings. The number of carbonyl (C=O) groups is 1. The summed E-state index contributed by atoms with van der Waals surface area (Å²) in [5.41, 5.74) is 6.21. The third kappa shape index (κ3) is 4.24. The van der Waals surface area contributed by atoms with Crippen LogP contribution in [0.15, 0.2) is 28.8 Å². The lowest BCUT2D eigenvalue weighted by Crippen LogP contribution is -2.13. The molecule has 1 heterocycles. The molecule has 2 aromatic rings. The van der Waals surface area contributed by atoms with E-state index in [1.54, 1.807) is 24.3 Å². The van der Waals surface area contributed by atoms with Crippen molar-refractivity contribution in [1.29, 1.82) is 0 Å². The molecule has 22 heavy (non-hydrogen) atoms. The zero-order chi connectivity index (χ0) is 16.3. The molecule has 1 aromatic heterocycles. The van der Waals surface area contributed by atoms with E-state index < -0.39 is 16.7 Å². The van der Waals surface area contributed by atoms with Crippen molar-refractivity contribution >= 4 is 16.7 Å². The lowest BCUT2D eigenvalue weighted by Gasteiger charge is -2.10. The molecule has 1 amide bonds. The Labute approximate surface area is 131 Å². The van der Waals surface area contributed by atoms with Crippen LogP contribution in [0.3, 0.4) is 0 Å². The smallest absolute Gasteiger partial charge is 0.248 e. The number of hydrogen-bond donors (Lipinski definition) is 1. The molecule has 2 N–H and O–H groups in total. The summed E-state index contributed by atoms with van der Waals surface area (Å²) < 4.78 is 17.3. The largest absolute Gasteiger partial charge is 0.366 e. The van der Waals surface area contributed by atoms with Crippen molar-refractivity contribution in [2.24, 2.45) is 5.73 Å². The lowest BCUT2D eigenvalue weighted by atomic mass is 9.96. The summed E-state index contributed by atoms with van der Waals surface area (Å²) in [6.45, 7) is 5.94. The van der Waals surface area contributed by atoms with Gasteiger partial charge in [-0.1, -0.05) is 38.1 Å². The predicted molar refractivity (Wildman–Crippen MR) is 83.5 cm³/mol. The Morgan fingerprint density at radius 1 is 1.32 bits per heavy atom. The summed E-state index contributed by atoms with van der Waals surface area (Å²) in [6.07, 6.45) is 0. The minimum Gasteiger partial charge on any atom is -0.366 e. The molecule has 0 radical (unpaired) electrons. The van der Waals surface area contributed by atoms with Gasteiger partial charge in [-0.25, -0.2) is 0 Å². The lowest BCUT2D eigenvalue weighted by molar-refractivity contribution is 0.1000. The van der Waals surface area contributed by atoms with E-state index >= 15 is 0 Å². The maximum atomic E-state index is 12.2. The van der Waals surface area contributed by atoms with Crippen molar-refractivity contribution in [2.75, 3.05) is 0 Å². The Balaban J connectivity index is 2.03. The van der Waals surface area contributed by atoms with E-state index in [9.17, 15) is 9.00 Å². The van der Waals surface area contributed by atoms with Crippen LogP contribution < -0.4 is 5.73 Å². The second kappa shape index (κ2) is 6.39. The van der Waals surface area contributed by atoms with E-state index in [4.69, 9.17) is 10.3 Å². The fraction of sp³-hybridized carbons (Fsp3) is 0.400. The number of nitrogens with zero attached hydrogens (tertiary/aromatic N) is 2. The molecule has 0 saturated heterocycles. The SMILES string of the molecule is CC(C)(C)c1noc(CS(=O)Cc2cccc(C(N)=O)c2)n1. The number of nitrogens with two attached hydrogens (primary N) is 1. The zero-order valence-electron chi connectivity index (χ0n) is 12.8. The number of aromatic nitrogens is 2. The molecule has 1 unspecified atom stereocenters. The zero-order valence-corrected chi connectivity index (χ0v) is 13.6. The maximum Gasteiger partial charge on any atom is 0.248 e. The van der Waals surface area contributed by atoms with Crippen LogP contribution in [-0.4, -0.2) is 20.3 Å². The summed E-state index contributed by atoms with van der Waals surface area (Å²) in [4.78, 5) is 15.4. The number of amides is 1. The van der Waals surface area contributed by atoms with Crippen LogP contribution in [0.25, 0.3) is 0 Å². The standard InChI is InChI=1S/C15H19N3O3S/c1-15(2,3)14-17-12(21-18-14)9-22(20)8-10-5-4-6-11(7-10)13(16)19/h4-7H,8-9H2,1-3H3,(H2,16,19). The second-order valence-electron chi connectivity index (χ2n) is 6.05. The van der Waals surface area contributed by atoms with Gasteiger partial charge in [-0.15, -0.1) is 0 Å². The van der Waals surface area contributed by atoms with Crippen LogP contribution in [0.5, 0.6) is 0 Å². The number of benzene rings is 1. The molecular weight excluding hydrogens is 302 g/mol. The van der Waals surface area contributed by atoms with Crippen molar-refractivity contribution in [3.05, 3.63) is 47.1 Å². The Morgan fingerprint density at radius 2 is 2.05 bits per heavy atom. The highest BCUT2D eigenvalue weighted by Gasteiger charge is 2.21. The van der Waals surface area contributed by atoms with Gasteiger partial charge in [0.2, 0.25) is 11.8 Å². The monoisotopic (exact) mass is 321 g/mol. The number of rotatable bonds is 5. The minimum absolute atomic E-state index is 0.184. The van der Waals surface area contributed by atoms with Gasteiger partial charge in [0.15, 0.2) is 5.82 Å². The van der Waals surface area contributed by atoms with Gasteiger partial charge in [-0.2, -0.15) is 4.98 Å². The average Bonchev–Trinajstić information content (AvgIpc) is 2.87. The molecule has 0 aliphatic carbocycles. The summed E-state index contributed by atoms with van der Waals surface area (Å²) in [5.74, 6) is 0.932. The van der Waals surface area contributed by atoms with Crippen LogP contribution in [0.4, 0.5) is 0 Å². The Kier molecular flexibility index (Phi) is 4.75. The van der Waals surface area contributed by atoms with Crippen molar-refractivity contribution in [3.63, 3.8) is 0 Å². The summed E-state index contributed by atoms with van der Waals surface area (Å²) >= 11 is 0. The maximum absolute atomic E-state index is 12.2. The molecule has 0 spiro atoms. The normalized spacial score (nSPS) is 13.0. The molecule has 0 fully saturated rings. The number of primary amides is 1. The summed E-state index contributed by atoms with van der Waals surface area (Å²) in [6, 6.07) is 6.80. The Hall–Kier alpha value is -2.02. The highest BCUT2D eigenvalue weighted by Crippen LogP contribution is 2.19. The molecule has 118 valence electrons. The first-order valence-electron chi connectivity index (χ1n) is 6.82. The summed E-state index contributed by atoms with van der Waals surface area (Å²) in [5, 5.41) is 3.90. The molecule has 0 saturated carbocycles. The Bertz CT molecular complexity index is 704. The molecule has 7 heteroatoms. The molecule has 1 atom stereocenters. The van der Waals surface area contributed by atoms with Crippen LogP contribution in [0.1, 0.15) is 48.4 Å². The average molecular weight is 321 g/mol. The first-order chi connectivity index (χ1) is 10.3. The van der Waals surface area contributed by atoms with Crippen LogP contribution in [0.2, 0.25) is 0 Å². The van der Waals surface area contributed by atoms with E-state index in [2.05, 4.69) is 10.1 Å². The second-order valence-corrected chi connectivity index (χ2v) is 7.51. The van der Waals surface area contributed by atoms with Gasteiger partial charge in [0.25, 0.3) is 0 Å². The minimum atomic E-state index is -1.21. The Morgan fingerprint density at radius 3 is 2.64 bits per heavy atom. The first-order valence-corrected chi connectivity index (χ1v) is 8.31. The van der Waals surface area contributed by atoms with Crippen LogP contribution in [0, 0.1) is 0 Å². The van der Waals surface area contributed by atoms with Crippen molar-refractivity contribution in [2.45, 2.75) is 37.7 Å². The highest BCUT2D eigenvalue weighted by molar-refractivity contribution is 7.83. The van der Waals surface area contributed by atoms with Crippen molar-refractivity contribution in [1.82, 2.24) is 10.1 Å². The highest BCUT2D eigenvalue weighted by atomic mass is 32.2. The fourth-order valence-corrected chi connectivity index (χ4v) is 2.85. The van der Waals surface area contributed by atoms with E-state index in [-0.39, 0.29) is 11.2 Å². The van der Waals surface area contributed by atoms with Gasteiger partial charge in [0, 0.05) is 27.5 Å². The molecule has 0 aliphatic heterocycles. The van der Waals surface area contributed by atoms with Crippen LogP contribution in [-0.2, 0) is 27.7 Å². The van der Waals surface area contributed by atoms with E-state index in [1.807, 2.05) is 20.8 Å². The van der Waals surface area contributed by atoms with Gasteiger partial charge in [-0.3, -0.25) is 9.00 Å². The third-order valence-corrected chi connectivity index (χ3v) is 4.19. The first kappa shape index (κ1) is 16.4. The van der Waals surface area contributed by atoms with E-state index in [1.165, 1.54) is 0 Å². The van der Waals surface area contributed by atoms with Crippen molar-refractivity contribution in [3.8, 4) is 0 Å². The van der Waals surface area contributed by atoms with Gasteiger partial charge in [0.05, 0.1) is 0 Å². The molecule has 6 nitrogen and oxygen atoms in total. The van der Waals surface area contributed by atoms with Gasteiger partial charge < -0.3 is 10.3 Å². The van der Waals surface area contributed by atoms with E-state index in [0.29, 0.717) is 23.0 Å². The van der Waals surface area contributed by atoms with Crippen LogP contribution >= 0.6 is 0 Å². The van der Waals surface area contributed by atoms with E-state index in [0.717, 1.165) is 5.56 Å². The van der Waals surface area contributed by atoms with Gasteiger partial charge in [-0.05, 0) is 17.7 Å². The fourth-order valence-electron chi connectivity index (χ4n) is 1.81. The molecule has 2 rings (SSSR count). The van der Waals surface area contributed by atoms with Gasteiger partial charge in [0.1, 0.15) is 5.75 Å². The van der Waals surface area contributed by atoms with Gasteiger partial charge >= 0.3 is 0 Å². The molecule has 1 aromatic carbocycles. The molecular formula is C15H19N3O3S. The predicted octanol–water partition coefficient (Wildman–Crippen LogP) is 1.91. The topological polar surface area (TPSA) is 99.1 Å². The number of hydrogen-bond acceptors (Lipinski definition) is 5.